The Morgan fingerprint density at radius 2 is 1.88 bits per heavy atom. The van der Waals surface area contributed by atoms with Crippen LogP contribution in [0.25, 0.3) is 22.4 Å². The first-order chi connectivity index (χ1) is 8.22. The first kappa shape index (κ1) is 9.96. The average Bonchev–Trinajstić information content (AvgIpc) is 2.69. The summed E-state index contributed by atoms with van der Waals surface area (Å²) in [4.78, 5) is 8.33. The number of fused-ring (bicyclic) bond motifs is 1. The molecule has 0 saturated heterocycles. The molecule has 2 heterocycles. The molecule has 17 heavy (non-hydrogen) atoms. The van der Waals surface area contributed by atoms with E-state index in [0.717, 1.165) is 11.1 Å². The largest absolute Gasteiger partial charge is 0.439 e. The van der Waals surface area contributed by atoms with Crippen LogP contribution in [0.2, 0.25) is 0 Å². The zero-order chi connectivity index (χ0) is 11.8. The smallest absolute Gasteiger partial charge is 0.198 e. The number of benzene rings is 1. The van der Waals surface area contributed by atoms with E-state index in [1.807, 2.05) is 6.07 Å². The third kappa shape index (κ3) is 1.78. The highest BCUT2D eigenvalue weighted by Crippen LogP contribution is 2.23. The Morgan fingerprint density at radius 1 is 1.12 bits per heavy atom. The first-order valence-electron chi connectivity index (χ1n) is 5.21. The van der Waals surface area contributed by atoms with Gasteiger partial charge in [0, 0.05) is 18.7 Å². The molecule has 2 aromatic heterocycles. The van der Waals surface area contributed by atoms with Gasteiger partial charge < -0.3 is 4.42 Å². The van der Waals surface area contributed by atoms with Crippen LogP contribution in [0.1, 0.15) is 5.89 Å². The normalized spacial score (nSPS) is 10.9. The first-order valence-corrected chi connectivity index (χ1v) is 5.21. The number of pyridine rings is 1. The molecule has 1 aromatic carbocycles. The number of oxazole rings is 1. The van der Waals surface area contributed by atoms with Gasteiger partial charge in [0.1, 0.15) is 5.82 Å². The lowest BCUT2D eigenvalue weighted by Gasteiger charge is -1.99. The zero-order valence-electron chi connectivity index (χ0n) is 9.14. The molecule has 0 atom stereocenters. The molecule has 0 saturated carbocycles. The fourth-order valence-electron chi connectivity index (χ4n) is 1.73. The molecule has 0 aliphatic heterocycles. The topological polar surface area (TPSA) is 38.9 Å². The third-order valence-electron chi connectivity index (χ3n) is 2.53. The van der Waals surface area contributed by atoms with E-state index in [1.54, 1.807) is 25.3 Å². The Labute approximate surface area is 96.9 Å². The van der Waals surface area contributed by atoms with E-state index in [1.165, 1.54) is 12.1 Å². The number of hydrogen-bond donors (Lipinski definition) is 0. The number of nitrogens with zero attached hydrogens (tertiary/aromatic N) is 2. The highest BCUT2D eigenvalue weighted by molar-refractivity contribution is 5.76. The van der Waals surface area contributed by atoms with Crippen LogP contribution in [-0.4, -0.2) is 9.97 Å². The Balaban J connectivity index is 2.13. The molecule has 0 fully saturated rings. The van der Waals surface area contributed by atoms with E-state index < -0.39 is 0 Å². The summed E-state index contributed by atoms with van der Waals surface area (Å²) in [5.74, 6) is 0.335. The van der Waals surface area contributed by atoms with Gasteiger partial charge in [-0.25, -0.2) is 9.37 Å². The number of aryl methyl sites for hydroxylation is 1. The van der Waals surface area contributed by atoms with Crippen LogP contribution >= 0.6 is 0 Å². The molecular formula is C13H9FN2O. The summed E-state index contributed by atoms with van der Waals surface area (Å²) in [5.41, 5.74) is 3.01. The minimum absolute atomic E-state index is 0.252. The fourth-order valence-corrected chi connectivity index (χ4v) is 1.73. The van der Waals surface area contributed by atoms with E-state index in [9.17, 15) is 4.39 Å². The summed E-state index contributed by atoms with van der Waals surface area (Å²) in [5, 5.41) is 0. The van der Waals surface area contributed by atoms with Crippen molar-refractivity contribution >= 4 is 11.2 Å². The summed E-state index contributed by atoms with van der Waals surface area (Å²) in [6.45, 7) is 1.78. The second-order valence-corrected chi connectivity index (χ2v) is 3.79. The Morgan fingerprint density at radius 3 is 2.65 bits per heavy atom. The SMILES string of the molecule is Cc1nc2ncc(-c3ccc(F)cc3)cc2o1. The van der Waals surface area contributed by atoms with Crippen molar-refractivity contribution < 1.29 is 8.81 Å². The molecule has 0 bridgehead atoms. The quantitative estimate of drug-likeness (QED) is 0.641. The molecule has 0 aliphatic carbocycles. The van der Waals surface area contributed by atoms with Crippen LogP contribution in [0, 0.1) is 12.7 Å². The average molecular weight is 228 g/mol. The van der Waals surface area contributed by atoms with Gasteiger partial charge in [0.15, 0.2) is 17.1 Å². The molecule has 3 rings (SSSR count). The fraction of sp³-hybridized carbons (Fsp3) is 0.0769. The maximum atomic E-state index is 12.8. The van der Waals surface area contributed by atoms with Crippen LogP contribution in [0.5, 0.6) is 0 Å². The molecule has 84 valence electrons. The van der Waals surface area contributed by atoms with Gasteiger partial charge in [-0.3, -0.25) is 0 Å². The third-order valence-corrected chi connectivity index (χ3v) is 2.53. The van der Waals surface area contributed by atoms with Crippen molar-refractivity contribution in [3.05, 3.63) is 48.2 Å². The van der Waals surface area contributed by atoms with Gasteiger partial charge in [0.2, 0.25) is 0 Å². The highest BCUT2D eigenvalue weighted by Gasteiger charge is 2.06. The second kappa shape index (κ2) is 3.66. The molecule has 0 N–H and O–H groups in total. The summed E-state index contributed by atoms with van der Waals surface area (Å²) in [6, 6.07) is 8.12. The van der Waals surface area contributed by atoms with Gasteiger partial charge in [-0.15, -0.1) is 0 Å². The van der Waals surface area contributed by atoms with Crippen molar-refractivity contribution in [1.29, 1.82) is 0 Å². The lowest BCUT2D eigenvalue weighted by atomic mass is 10.1. The molecule has 0 unspecified atom stereocenters. The zero-order valence-corrected chi connectivity index (χ0v) is 9.14. The molecule has 3 nitrogen and oxygen atoms in total. The van der Waals surface area contributed by atoms with Crippen molar-refractivity contribution in [2.75, 3.05) is 0 Å². The van der Waals surface area contributed by atoms with Crippen LogP contribution in [0.4, 0.5) is 4.39 Å². The number of rotatable bonds is 1. The van der Waals surface area contributed by atoms with Crippen LogP contribution in [-0.2, 0) is 0 Å². The van der Waals surface area contributed by atoms with Gasteiger partial charge >= 0.3 is 0 Å². The molecule has 0 amide bonds. The van der Waals surface area contributed by atoms with Crippen LogP contribution in [0.15, 0.2) is 40.9 Å². The maximum absolute atomic E-state index is 12.8. The standard InChI is InChI=1S/C13H9FN2O/c1-8-16-13-12(17-8)6-10(7-15-13)9-2-4-11(14)5-3-9/h2-7H,1H3. The maximum Gasteiger partial charge on any atom is 0.198 e. The van der Waals surface area contributed by atoms with E-state index in [0.29, 0.717) is 17.1 Å². The summed E-state index contributed by atoms with van der Waals surface area (Å²) in [7, 11) is 0. The Bertz CT molecular complexity index is 673. The molecule has 4 heteroatoms. The summed E-state index contributed by atoms with van der Waals surface area (Å²) in [6.07, 6.45) is 1.71. The van der Waals surface area contributed by atoms with Crippen molar-refractivity contribution in [2.45, 2.75) is 6.92 Å². The number of hydrogen-bond acceptors (Lipinski definition) is 3. The molecule has 3 aromatic rings. The van der Waals surface area contributed by atoms with Gasteiger partial charge in [-0.2, -0.15) is 4.98 Å². The lowest BCUT2D eigenvalue weighted by molar-refractivity contribution is 0.561. The highest BCUT2D eigenvalue weighted by atomic mass is 19.1. The predicted molar refractivity (Wildman–Crippen MR) is 61.9 cm³/mol. The summed E-state index contributed by atoms with van der Waals surface area (Å²) < 4.78 is 18.2. The number of aromatic nitrogens is 2. The molecule has 0 aliphatic rings. The minimum Gasteiger partial charge on any atom is -0.439 e. The second-order valence-electron chi connectivity index (χ2n) is 3.79. The molecule has 0 spiro atoms. The van der Waals surface area contributed by atoms with E-state index in [2.05, 4.69) is 9.97 Å². The van der Waals surface area contributed by atoms with Crippen LogP contribution < -0.4 is 0 Å². The minimum atomic E-state index is -0.252. The van der Waals surface area contributed by atoms with Gasteiger partial charge in [0.25, 0.3) is 0 Å². The van der Waals surface area contributed by atoms with Gasteiger partial charge in [0.05, 0.1) is 0 Å². The van der Waals surface area contributed by atoms with E-state index >= 15 is 0 Å². The van der Waals surface area contributed by atoms with Crippen molar-refractivity contribution in [1.82, 2.24) is 9.97 Å². The van der Waals surface area contributed by atoms with Gasteiger partial charge in [-0.05, 0) is 23.8 Å². The predicted octanol–water partition coefficient (Wildman–Crippen LogP) is 3.34. The van der Waals surface area contributed by atoms with E-state index in [4.69, 9.17) is 4.42 Å². The summed E-state index contributed by atoms with van der Waals surface area (Å²) >= 11 is 0. The molecule has 0 radical (unpaired) electrons. The monoisotopic (exact) mass is 228 g/mol. The van der Waals surface area contributed by atoms with Crippen LogP contribution in [0.3, 0.4) is 0 Å². The van der Waals surface area contributed by atoms with Crippen molar-refractivity contribution in [3.8, 4) is 11.1 Å². The Hall–Kier alpha value is -2.23. The van der Waals surface area contributed by atoms with Crippen molar-refractivity contribution in [2.24, 2.45) is 0 Å². The lowest BCUT2D eigenvalue weighted by Crippen LogP contribution is -1.82. The van der Waals surface area contributed by atoms with E-state index in [-0.39, 0.29) is 5.82 Å². The Kier molecular flexibility index (Phi) is 2.14. The van der Waals surface area contributed by atoms with Gasteiger partial charge in [-0.1, -0.05) is 12.1 Å². The number of halogens is 1. The van der Waals surface area contributed by atoms with Crippen molar-refractivity contribution in [3.63, 3.8) is 0 Å². The molecular weight excluding hydrogens is 219 g/mol.